The van der Waals surface area contributed by atoms with Crippen molar-refractivity contribution in [2.24, 2.45) is 0 Å². The van der Waals surface area contributed by atoms with Gasteiger partial charge in [0.1, 0.15) is 0 Å². The van der Waals surface area contributed by atoms with E-state index in [1.807, 2.05) is 13.8 Å². The van der Waals surface area contributed by atoms with Gasteiger partial charge in [0, 0.05) is 45.2 Å². The Morgan fingerprint density at radius 2 is 1.88 bits per heavy atom. The van der Waals surface area contributed by atoms with Gasteiger partial charge in [-0.1, -0.05) is 0 Å². The Balaban J connectivity index is 2.14. The van der Waals surface area contributed by atoms with Gasteiger partial charge < -0.3 is 10.2 Å². The van der Waals surface area contributed by atoms with Crippen LogP contribution in [0.1, 0.15) is 20.3 Å². The Bertz CT molecular complexity index is 277. The number of piperazine rings is 1. The van der Waals surface area contributed by atoms with Crippen LogP contribution in [0.3, 0.4) is 0 Å². The van der Waals surface area contributed by atoms with E-state index in [4.69, 9.17) is 5.26 Å². The molecule has 1 N–H and O–H groups in total. The molecule has 1 amide bonds. The van der Waals surface area contributed by atoms with E-state index < -0.39 is 0 Å². The van der Waals surface area contributed by atoms with Crippen molar-refractivity contribution in [1.29, 1.82) is 5.26 Å². The van der Waals surface area contributed by atoms with Crippen molar-refractivity contribution in [3.63, 3.8) is 0 Å². The van der Waals surface area contributed by atoms with E-state index in [-0.39, 0.29) is 11.9 Å². The molecule has 96 valence electrons. The summed E-state index contributed by atoms with van der Waals surface area (Å²) in [4.78, 5) is 15.9. The first-order valence-corrected chi connectivity index (χ1v) is 6.23. The molecule has 0 spiro atoms. The summed E-state index contributed by atoms with van der Waals surface area (Å²) in [5.74, 6) is 0.124. The van der Waals surface area contributed by atoms with Gasteiger partial charge in [-0.2, -0.15) is 5.26 Å². The van der Waals surface area contributed by atoms with Crippen molar-refractivity contribution in [2.45, 2.75) is 26.3 Å². The van der Waals surface area contributed by atoms with Crippen LogP contribution in [0.4, 0.5) is 0 Å². The van der Waals surface area contributed by atoms with Crippen molar-refractivity contribution in [3.05, 3.63) is 0 Å². The third-order valence-electron chi connectivity index (χ3n) is 2.86. The zero-order valence-electron chi connectivity index (χ0n) is 10.8. The molecule has 0 bridgehead atoms. The zero-order chi connectivity index (χ0) is 12.7. The van der Waals surface area contributed by atoms with Gasteiger partial charge in [-0.05, 0) is 13.8 Å². The second kappa shape index (κ2) is 7.25. The quantitative estimate of drug-likeness (QED) is 0.687. The SMILES string of the molecule is CC(C)NC(=O)CCN1CCN(CC#N)CC1. The van der Waals surface area contributed by atoms with Gasteiger partial charge in [-0.3, -0.25) is 9.69 Å². The number of carbonyl (C=O) groups is 1. The van der Waals surface area contributed by atoms with Crippen LogP contribution in [0.15, 0.2) is 0 Å². The van der Waals surface area contributed by atoms with Crippen LogP contribution < -0.4 is 5.32 Å². The molecule has 1 saturated heterocycles. The number of nitrogens with zero attached hydrogens (tertiary/aromatic N) is 3. The highest BCUT2D eigenvalue weighted by molar-refractivity contribution is 5.76. The first kappa shape index (κ1) is 13.9. The lowest BCUT2D eigenvalue weighted by molar-refractivity contribution is -0.122. The van der Waals surface area contributed by atoms with E-state index in [0.29, 0.717) is 13.0 Å². The van der Waals surface area contributed by atoms with Crippen molar-refractivity contribution in [1.82, 2.24) is 15.1 Å². The smallest absolute Gasteiger partial charge is 0.221 e. The average molecular weight is 238 g/mol. The molecule has 0 aromatic carbocycles. The van der Waals surface area contributed by atoms with Crippen LogP contribution in [-0.2, 0) is 4.79 Å². The molecular weight excluding hydrogens is 216 g/mol. The molecule has 0 aliphatic carbocycles. The molecule has 1 rings (SSSR count). The highest BCUT2D eigenvalue weighted by Gasteiger charge is 2.16. The first-order chi connectivity index (χ1) is 8.11. The maximum Gasteiger partial charge on any atom is 0.221 e. The summed E-state index contributed by atoms with van der Waals surface area (Å²) in [5, 5.41) is 11.5. The minimum atomic E-state index is 0.124. The molecule has 0 radical (unpaired) electrons. The lowest BCUT2D eigenvalue weighted by Crippen LogP contribution is -2.47. The Labute approximate surface area is 103 Å². The minimum Gasteiger partial charge on any atom is -0.354 e. The van der Waals surface area contributed by atoms with Gasteiger partial charge in [0.25, 0.3) is 0 Å². The molecule has 0 aromatic rings. The number of nitriles is 1. The number of carbonyl (C=O) groups excluding carboxylic acids is 1. The summed E-state index contributed by atoms with van der Waals surface area (Å²) in [6.07, 6.45) is 0.566. The Hall–Kier alpha value is -1.12. The van der Waals surface area contributed by atoms with Crippen LogP contribution >= 0.6 is 0 Å². The van der Waals surface area contributed by atoms with Crippen molar-refractivity contribution in [2.75, 3.05) is 39.3 Å². The highest BCUT2D eigenvalue weighted by atomic mass is 16.1. The molecular formula is C12H22N4O. The molecule has 1 aliphatic rings. The van der Waals surface area contributed by atoms with Crippen molar-refractivity contribution < 1.29 is 4.79 Å². The standard InChI is InChI=1S/C12H22N4O/c1-11(2)14-12(17)3-5-15-7-9-16(6-4-13)10-8-15/h11H,3,5-10H2,1-2H3,(H,14,17). The maximum absolute atomic E-state index is 11.5. The molecule has 1 heterocycles. The second-order valence-corrected chi connectivity index (χ2v) is 4.75. The molecule has 0 saturated carbocycles. The molecule has 17 heavy (non-hydrogen) atoms. The van der Waals surface area contributed by atoms with Crippen LogP contribution in [-0.4, -0.2) is 61.0 Å². The van der Waals surface area contributed by atoms with E-state index in [9.17, 15) is 4.79 Å². The van der Waals surface area contributed by atoms with Gasteiger partial charge in [-0.25, -0.2) is 0 Å². The summed E-state index contributed by atoms with van der Waals surface area (Å²) in [6, 6.07) is 2.38. The topological polar surface area (TPSA) is 59.4 Å². The van der Waals surface area contributed by atoms with Crippen molar-refractivity contribution in [3.8, 4) is 6.07 Å². The van der Waals surface area contributed by atoms with E-state index in [2.05, 4.69) is 21.2 Å². The summed E-state index contributed by atoms with van der Waals surface area (Å²) >= 11 is 0. The predicted octanol–water partition coefficient (Wildman–Crippen LogP) is 0.0423. The largest absolute Gasteiger partial charge is 0.354 e. The fraction of sp³-hybridized carbons (Fsp3) is 0.833. The molecule has 0 aromatic heterocycles. The number of nitrogens with one attached hydrogen (secondary N) is 1. The fourth-order valence-corrected chi connectivity index (χ4v) is 1.92. The summed E-state index contributed by atoms with van der Waals surface area (Å²) in [5.41, 5.74) is 0. The van der Waals surface area contributed by atoms with E-state index in [1.165, 1.54) is 0 Å². The number of amides is 1. The van der Waals surface area contributed by atoms with Gasteiger partial charge >= 0.3 is 0 Å². The molecule has 5 nitrogen and oxygen atoms in total. The van der Waals surface area contributed by atoms with Crippen LogP contribution in [0, 0.1) is 11.3 Å². The van der Waals surface area contributed by atoms with Crippen LogP contribution in [0.25, 0.3) is 0 Å². The van der Waals surface area contributed by atoms with Gasteiger partial charge in [0.15, 0.2) is 0 Å². The zero-order valence-corrected chi connectivity index (χ0v) is 10.8. The van der Waals surface area contributed by atoms with E-state index in [1.54, 1.807) is 0 Å². The predicted molar refractivity (Wildman–Crippen MR) is 66.4 cm³/mol. The highest BCUT2D eigenvalue weighted by Crippen LogP contribution is 2.01. The molecule has 1 aliphatic heterocycles. The normalized spacial score (nSPS) is 18.0. The lowest BCUT2D eigenvalue weighted by Gasteiger charge is -2.33. The third kappa shape index (κ3) is 5.66. The van der Waals surface area contributed by atoms with E-state index in [0.717, 1.165) is 32.7 Å². The Kier molecular flexibility index (Phi) is 5.95. The Morgan fingerprint density at radius 1 is 1.29 bits per heavy atom. The Morgan fingerprint density at radius 3 is 2.41 bits per heavy atom. The number of rotatable bonds is 5. The molecule has 0 unspecified atom stereocenters. The average Bonchev–Trinajstić information content (AvgIpc) is 2.28. The van der Waals surface area contributed by atoms with Crippen LogP contribution in [0.5, 0.6) is 0 Å². The number of hydrogen-bond donors (Lipinski definition) is 1. The minimum absolute atomic E-state index is 0.124. The number of hydrogen-bond acceptors (Lipinski definition) is 4. The molecule has 5 heteroatoms. The summed E-state index contributed by atoms with van der Waals surface area (Å²) < 4.78 is 0. The fourth-order valence-electron chi connectivity index (χ4n) is 1.92. The third-order valence-corrected chi connectivity index (χ3v) is 2.86. The van der Waals surface area contributed by atoms with Crippen molar-refractivity contribution >= 4 is 5.91 Å². The monoisotopic (exact) mass is 238 g/mol. The van der Waals surface area contributed by atoms with Gasteiger partial charge in [0.2, 0.25) is 5.91 Å². The van der Waals surface area contributed by atoms with Crippen LogP contribution in [0.2, 0.25) is 0 Å². The summed E-state index contributed by atoms with van der Waals surface area (Å²) in [6.45, 7) is 9.05. The lowest BCUT2D eigenvalue weighted by atomic mass is 10.2. The second-order valence-electron chi connectivity index (χ2n) is 4.75. The van der Waals surface area contributed by atoms with Gasteiger partial charge in [-0.15, -0.1) is 0 Å². The first-order valence-electron chi connectivity index (χ1n) is 6.23. The van der Waals surface area contributed by atoms with E-state index >= 15 is 0 Å². The molecule has 0 atom stereocenters. The maximum atomic E-state index is 11.5. The molecule has 1 fully saturated rings. The van der Waals surface area contributed by atoms with Gasteiger partial charge in [0.05, 0.1) is 12.6 Å². The summed E-state index contributed by atoms with van der Waals surface area (Å²) in [7, 11) is 0.